The van der Waals surface area contributed by atoms with Crippen molar-refractivity contribution in [2.45, 2.75) is 6.18 Å². The number of nitrogens with two attached hydrogens (primary N) is 2. The Bertz CT molecular complexity index is 624. The van der Waals surface area contributed by atoms with E-state index in [0.29, 0.717) is 0 Å². The molecular weight excluding hydrogens is 291 g/mol. The summed E-state index contributed by atoms with van der Waals surface area (Å²) < 4.78 is 40.7. The van der Waals surface area contributed by atoms with Gasteiger partial charge in [0.05, 0.1) is 0 Å². The highest BCUT2D eigenvalue weighted by molar-refractivity contribution is 5.97. The first-order valence-electron chi connectivity index (χ1n) is 5.36. The first-order chi connectivity index (χ1) is 9.61. The highest BCUT2D eigenvalue weighted by Crippen LogP contribution is 2.25. The third-order valence-electron chi connectivity index (χ3n) is 2.18. The minimum atomic E-state index is -5.16. The molecule has 0 aliphatic heterocycles. The quantitative estimate of drug-likeness (QED) is 0.252. The van der Waals surface area contributed by atoms with E-state index >= 15 is 0 Å². The summed E-state index contributed by atoms with van der Waals surface area (Å²) in [6, 6.07) is 3.41. The molecule has 5 N–H and O–H groups in total. The van der Waals surface area contributed by atoms with E-state index < -0.39 is 23.8 Å². The Morgan fingerprint density at radius 3 is 2.33 bits per heavy atom. The van der Waals surface area contributed by atoms with E-state index in [9.17, 15) is 22.8 Å². The predicted molar refractivity (Wildman–Crippen MR) is 67.4 cm³/mol. The van der Waals surface area contributed by atoms with Crippen LogP contribution in [0.25, 0.3) is 6.08 Å². The van der Waals surface area contributed by atoms with Gasteiger partial charge in [0.25, 0.3) is 0 Å². The van der Waals surface area contributed by atoms with Crippen LogP contribution in [0.5, 0.6) is 5.75 Å². The first-order valence-corrected chi connectivity index (χ1v) is 5.36. The summed E-state index contributed by atoms with van der Waals surface area (Å²) in [6.07, 6.45) is -3.25. The van der Waals surface area contributed by atoms with E-state index in [1.807, 2.05) is 0 Å². The third-order valence-corrected chi connectivity index (χ3v) is 2.18. The van der Waals surface area contributed by atoms with Gasteiger partial charge in [0.2, 0.25) is 5.91 Å². The summed E-state index contributed by atoms with van der Waals surface area (Å²) in [5.74, 6) is -4.06. The monoisotopic (exact) mass is 301 g/mol. The molecule has 0 saturated carbocycles. The van der Waals surface area contributed by atoms with Crippen molar-refractivity contribution < 1.29 is 27.5 Å². The van der Waals surface area contributed by atoms with Gasteiger partial charge in [-0.2, -0.15) is 13.2 Å². The van der Waals surface area contributed by atoms with Crippen LogP contribution in [0.2, 0.25) is 0 Å². The van der Waals surface area contributed by atoms with Crippen LogP contribution in [0.3, 0.4) is 0 Å². The molecule has 0 aliphatic carbocycles. The van der Waals surface area contributed by atoms with Crippen LogP contribution in [0, 0.1) is 5.41 Å². The number of amidine groups is 1. The van der Waals surface area contributed by atoms with E-state index in [4.69, 9.17) is 16.9 Å². The summed E-state index contributed by atoms with van der Waals surface area (Å²) in [4.78, 5) is 21.5. The Labute approximate surface area is 116 Å². The van der Waals surface area contributed by atoms with E-state index in [-0.39, 0.29) is 17.0 Å². The second kappa shape index (κ2) is 6.07. The van der Waals surface area contributed by atoms with E-state index in [0.717, 1.165) is 18.2 Å². The Balaban J connectivity index is 3.21. The first kappa shape index (κ1) is 16.2. The molecule has 6 nitrogen and oxygen atoms in total. The SMILES string of the molecule is N=C(N)c1ccc(OC(=O)C(F)(F)F)c(C=CC(N)=O)c1. The molecule has 1 amide bonds. The summed E-state index contributed by atoms with van der Waals surface area (Å²) in [5, 5.41) is 7.23. The van der Waals surface area contributed by atoms with Crippen molar-refractivity contribution in [2.24, 2.45) is 11.5 Å². The average molecular weight is 301 g/mol. The molecular formula is C12H10F3N3O3. The van der Waals surface area contributed by atoms with Gasteiger partial charge in [-0.05, 0) is 24.3 Å². The van der Waals surface area contributed by atoms with Gasteiger partial charge in [-0.15, -0.1) is 0 Å². The fraction of sp³-hybridized carbons (Fsp3) is 0.0833. The zero-order valence-corrected chi connectivity index (χ0v) is 10.4. The molecule has 1 aromatic carbocycles. The highest BCUT2D eigenvalue weighted by Gasteiger charge is 2.41. The van der Waals surface area contributed by atoms with Crippen LogP contribution in [-0.4, -0.2) is 23.9 Å². The summed E-state index contributed by atoms with van der Waals surface area (Å²) in [7, 11) is 0. The number of nitrogens with one attached hydrogen (secondary N) is 1. The largest absolute Gasteiger partial charge is 0.491 e. The topological polar surface area (TPSA) is 119 Å². The number of primary amides is 1. The molecule has 1 aromatic rings. The lowest BCUT2D eigenvalue weighted by molar-refractivity contribution is -0.189. The van der Waals surface area contributed by atoms with Crippen molar-refractivity contribution in [2.75, 3.05) is 0 Å². The van der Waals surface area contributed by atoms with Gasteiger partial charge < -0.3 is 16.2 Å². The van der Waals surface area contributed by atoms with Crippen LogP contribution in [0.1, 0.15) is 11.1 Å². The number of benzene rings is 1. The van der Waals surface area contributed by atoms with Crippen molar-refractivity contribution in [3.8, 4) is 5.75 Å². The smallest absolute Gasteiger partial charge is 0.419 e. The van der Waals surface area contributed by atoms with E-state index in [2.05, 4.69) is 4.74 Å². The minimum absolute atomic E-state index is 0.0564. The molecule has 1 rings (SSSR count). The third kappa shape index (κ3) is 4.64. The molecule has 0 heterocycles. The van der Waals surface area contributed by atoms with Crippen LogP contribution < -0.4 is 16.2 Å². The number of nitrogen functional groups attached to an aromatic ring is 1. The second-order valence-corrected chi connectivity index (χ2v) is 3.79. The van der Waals surface area contributed by atoms with Gasteiger partial charge in [-0.25, -0.2) is 4.79 Å². The number of carbonyl (C=O) groups is 2. The second-order valence-electron chi connectivity index (χ2n) is 3.79. The normalized spacial score (nSPS) is 11.4. The highest BCUT2D eigenvalue weighted by atomic mass is 19.4. The summed E-state index contributed by atoms with van der Waals surface area (Å²) in [6.45, 7) is 0. The van der Waals surface area contributed by atoms with Crippen LogP contribution in [-0.2, 0) is 9.59 Å². The Morgan fingerprint density at radius 1 is 1.24 bits per heavy atom. The van der Waals surface area contributed by atoms with Gasteiger partial charge >= 0.3 is 12.1 Å². The van der Waals surface area contributed by atoms with Crippen LogP contribution >= 0.6 is 0 Å². The van der Waals surface area contributed by atoms with Crippen molar-refractivity contribution in [3.05, 3.63) is 35.4 Å². The molecule has 0 saturated heterocycles. The number of amides is 1. The fourth-order valence-electron chi connectivity index (χ4n) is 1.27. The lowest BCUT2D eigenvalue weighted by Gasteiger charge is -2.10. The number of hydrogen-bond donors (Lipinski definition) is 3. The number of carbonyl (C=O) groups excluding carboxylic acids is 2. The number of halogens is 3. The lowest BCUT2D eigenvalue weighted by atomic mass is 10.1. The zero-order chi connectivity index (χ0) is 16.2. The van der Waals surface area contributed by atoms with Gasteiger partial charge in [0, 0.05) is 17.2 Å². The van der Waals surface area contributed by atoms with Crippen molar-refractivity contribution in [1.29, 1.82) is 5.41 Å². The number of hydrogen-bond acceptors (Lipinski definition) is 4. The number of rotatable bonds is 4. The maximum atomic E-state index is 12.2. The van der Waals surface area contributed by atoms with Crippen molar-refractivity contribution in [1.82, 2.24) is 0 Å². The number of alkyl halides is 3. The van der Waals surface area contributed by atoms with E-state index in [1.165, 1.54) is 12.1 Å². The zero-order valence-electron chi connectivity index (χ0n) is 10.4. The Hall–Kier alpha value is -2.84. The molecule has 0 spiro atoms. The Kier molecular flexibility index (Phi) is 4.69. The van der Waals surface area contributed by atoms with E-state index in [1.54, 1.807) is 0 Å². The molecule has 9 heteroatoms. The fourth-order valence-corrected chi connectivity index (χ4v) is 1.27. The standard InChI is InChI=1S/C12H10F3N3O3/c13-12(14,15)11(20)21-8-3-1-7(10(17)18)5-6(8)2-4-9(16)19/h1-5H,(H2,16,19)(H3,17,18). The van der Waals surface area contributed by atoms with Crippen molar-refractivity contribution in [3.63, 3.8) is 0 Å². The van der Waals surface area contributed by atoms with Gasteiger partial charge in [-0.1, -0.05) is 0 Å². The molecule has 21 heavy (non-hydrogen) atoms. The Morgan fingerprint density at radius 2 is 1.86 bits per heavy atom. The predicted octanol–water partition coefficient (Wildman–Crippen LogP) is 0.937. The average Bonchev–Trinajstić information content (AvgIpc) is 2.35. The van der Waals surface area contributed by atoms with Crippen LogP contribution in [0.15, 0.2) is 24.3 Å². The van der Waals surface area contributed by atoms with Gasteiger partial charge in [-0.3, -0.25) is 10.2 Å². The van der Waals surface area contributed by atoms with Gasteiger partial charge in [0.1, 0.15) is 11.6 Å². The number of esters is 1. The van der Waals surface area contributed by atoms with Gasteiger partial charge in [0.15, 0.2) is 0 Å². The summed E-state index contributed by atoms with van der Waals surface area (Å²) >= 11 is 0. The molecule has 0 unspecified atom stereocenters. The molecule has 0 bridgehead atoms. The molecule has 0 atom stereocenters. The molecule has 0 aliphatic rings. The lowest BCUT2D eigenvalue weighted by Crippen LogP contribution is -2.28. The molecule has 0 aromatic heterocycles. The maximum absolute atomic E-state index is 12.2. The molecule has 0 radical (unpaired) electrons. The molecule has 112 valence electrons. The minimum Gasteiger partial charge on any atom is -0.419 e. The van der Waals surface area contributed by atoms with Crippen LogP contribution in [0.4, 0.5) is 13.2 Å². The maximum Gasteiger partial charge on any atom is 0.491 e. The number of ether oxygens (including phenoxy) is 1. The molecule has 0 fully saturated rings. The summed E-state index contributed by atoms with van der Waals surface area (Å²) in [5.41, 5.74) is 10.2. The van der Waals surface area contributed by atoms with Crippen molar-refractivity contribution >= 4 is 23.8 Å².